The van der Waals surface area contributed by atoms with Gasteiger partial charge in [0.25, 0.3) is 0 Å². The van der Waals surface area contributed by atoms with Gasteiger partial charge in [0, 0.05) is 6.42 Å². The number of Topliss-reactive ketones (excluding diaryl/α,β-unsaturated/α-hetero) is 1. The first kappa shape index (κ1) is 23.0. The molecule has 1 N–H and O–H groups in total. The number of esters is 1. The maximum Gasteiger partial charge on any atom is 0.344 e. The van der Waals surface area contributed by atoms with Gasteiger partial charge in [0.1, 0.15) is 11.3 Å². The highest BCUT2D eigenvalue weighted by molar-refractivity contribution is 6.10. The molecule has 0 aliphatic carbocycles. The number of ketones is 1. The molecule has 0 atom stereocenters. The Kier molecular flexibility index (Phi) is 8.03. The van der Waals surface area contributed by atoms with Gasteiger partial charge in [-0.1, -0.05) is 6.07 Å². The number of anilines is 1. The Hall–Kier alpha value is -3.29. The molecule has 2 rings (SSSR count). The number of rotatable bonds is 10. The number of nitrogens with one attached hydrogen (secondary N) is 1. The lowest BCUT2D eigenvalue weighted by atomic mass is 10.1. The monoisotopic (exact) mass is 417 g/mol. The minimum atomic E-state index is -0.717. The van der Waals surface area contributed by atoms with Gasteiger partial charge < -0.3 is 18.6 Å². The topological polar surface area (TPSA) is 104 Å². The molecule has 162 valence electrons. The Morgan fingerprint density at radius 2 is 1.80 bits per heavy atom. The van der Waals surface area contributed by atoms with Gasteiger partial charge in [0.2, 0.25) is 11.8 Å². The molecule has 0 aliphatic heterocycles. The Bertz CT molecular complexity index is 930. The largest absolute Gasteiger partial charge is 0.493 e. The van der Waals surface area contributed by atoms with Crippen LogP contribution in [-0.4, -0.2) is 38.0 Å². The minimum Gasteiger partial charge on any atom is -0.493 e. The molecule has 0 spiro atoms. The van der Waals surface area contributed by atoms with E-state index in [1.54, 1.807) is 27.0 Å². The van der Waals surface area contributed by atoms with Crippen LogP contribution < -0.4 is 14.8 Å². The van der Waals surface area contributed by atoms with E-state index >= 15 is 0 Å². The van der Waals surface area contributed by atoms with E-state index in [0.29, 0.717) is 24.5 Å². The summed E-state index contributed by atoms with van der Waals surface area (Å²) in [6.07, 6.45) is 0.567. The zero-order chi connectivity index (χ0) is 22.3. The number of hydrogen-bond donors (Lipinski definition) is 1. The lowest BCUT2D eigenvalue weighted by molar-refractivity contribution is -0.116. The summed E-state index contributed by atoms with van der Waals surface area (Å²) in [5.41, 5.74) is 0.939. The second kappa shape index (κ2) is 10.5. The smallest absolute Gasteiger partial charge is 0.344 e. The van der Waals surface area contributed by atoms with Crippen LogP contribution in [0, 0.1) is 6.92 Å². The third-order valence-electron chi connectivity index (χ3n) is 4.34. The first-order valence-electron chi connectivity index (χ1n) is 9.73. The van der Waals surface area contributed by atoms with E-state index < -0.39 is 5.97 Å². The van der Waals surface area contributed by atoms with E-state index in [4.69, 9.17) is 18.6 Å². The van der Waals surface area contributed by atoms with Gasteiger partial charge in [-0.05, 0) is 51.8 Å². The van der Waals surface area contributed by atoms with Crippen molar-refractivity contribution < 1.29 is 33.0 Å². The van der Waals surface area contributed by atoms with E-state index in [9.17, 15) is 14.4 Å². The SMILES string of the molecule is CCOC(=O)c1c(NC(=O)CCc2ccc(OCC)c(OC)c2)oc(C)c1C(C)=O. The summed E-state index contributed by atoms with van der Waals surface area (Å²) in [4.78, 5) is 36.7. The predicted octanol–water partition coefficient (Wildman–Crippen LogP) is 3.95. The van der Waals surface area contributed by atoms with Crippen LogP contribution in [0.25, 0.3) is 0 Å². The number of methoxy groups -OCH3 is 1. The molecule has 1 aromatic carbocycles. The van der Waals surface area contributed by atoms with Gasteiger partial charge in [0.15, 0.2) is 17.3 Å². The van der Waals surface area contributed by atoms with Gasteiger partial charge in [-0.25, -0.2) is 4.79 Å². The number of carbonyl (C=O) groups is 3. The number of hydrogen-bond acceptors (Lipinski definition) is 7. The molecule has 8 heteroatoms. The normalized spacial score (nSPS) is 10.4. The molecular formula is C22H27NO7. The molecule has 0 bridgehead atoms. The Morgan fingerprint density at radius 3 is 2.40 bits per heavy atom. The van der Waals surface area contributed by atoms with Crippen molar-refractivity contribution in [3.63, 3.8) is 0 Å². The van der Waals surface area contributed by atoms with E-state index in [1.165, 1.54) is 6.92 Å². The molecule has 2 aromatic rings. The summed E-state index contributed by atoms with van der Waals surface area (Å²) in [7, 11) is 1.55. The van der Waals surface area contributed by atoms with Crippen molar-refractivity contribution in [2.45, 2.75) is 40.5 Å². The lowest BCUT2D eigenvalue weighted by Crippen LogP contribution is -2.16. The molecule has 1 amide bonds. The highest BCUT2D eigenvalue weighted by Gasteiger charge is 2.28. The second-order valence-electron chi connectivity index (χ2n) is 6.48. The molecule has 0 saturated heterocycles. The molecule has 0 saturated carbocycles. The van der Waals surface area contributed by atoms with Crippen molar-refractivity contribution in [1.82, 2.24) is 0 Å². The van der Waals surface area contributed by atoms with Crippen LogP contribution in [0.2, 0.25) is 0 Å². The molecule has 30 heavy (non-hydrogen) atoms. The molecule has 1 aromatic heterocycles. The molecule has 0 fully saturated rings. The number of amides is 1. The Morgan fingerprint density at radius 1 is 1.07 bits per heavy atom. The summed E-state index contributed by atoms with van der Waals surface area (Å²) >= 11 is 0. The molecular weight excluding hydrogens is 390 g/mol. The Balaban J connectivity index is 2.14. The van der Waals surface area contributed by atoms with Crippen molar-refractivity contribution >= 4 is 23.5 Å². The van der Waals surface area contributed by atoms with Crippen molar-refractivity contribution in [1.29, 1.82) is 0 Å². The standard InChI is InChI=1S/C22H27NO7/c1-6-28-16-10-8-15(12-17(16)27-5)9-11-18(25)23-21-20(22(26)29-7-2)19(13(3)24)14(4)30-21/h8,10,12H,6-7,9,11H2,1-5H3,(H,23,25). The predicted molar refractivity (Wildman–Crippen MR) is 111 cm³/mol. The van der Waals surface area contributed by atoms with Crippen LogP contribution in [0.4, 0.5) is 5.88 Å². The van der Waals surface area contributed by atoms with Crippen LogP contribution in [0.3, 0.4) is 0 Å². The minimum absolute atomic E-state index is 0.0575. The zero-order valence-corrected chi connectivity index (χ0v) is 17.9. The average Bonchev–Trinajstić information content (AvgIpc) is 3.03. The van der Waals surface area contributed by atoms with Gasteiger partial charge in [0.05, 0.1) is 25.9 Å². The quantitative estimate of drug-likeness (QED) is 0.461. The Labute approximate surface area is 175 Å². The van der Waals surface area contributed by atoms with Crippen molar-refractivity contribution in [3.8, 4) is 11.5 Å². The fourth-order valence-corrected chi connectivity index (χ4v) is 3.04. The number of aryl methyl sites for hydroxylation is 2. The van der Waals surface area contributed by atoms with Gasteiger partial charge in [-0.15, -0.1) is 0 Å². The molecule has 1 heterocycles. The fraction of sp³-hybridized carbons (Fsp3) is 0.409. The van der Waals surface area contributed by atoms with Gasteiger partial charge in [-0.3, -0.25) is 14.9 Å². The average molecular weight is 417 g/mol. The summed E-state index contributed by atoms with van der Waals surface area (Å²) in [5, 5.41) is 2.58. The van der Waals surface area contributed by atoms with Crippen LogP contribution >= 0.6 is 0 Å². The van der Waals surface area contributed by atoms with Gasteiger partial charge in [-0.2, -0.15) is 0 Å². The second-order valence-corrected chi connectivity index (χ2v) is 6.48. The van der Waals surface area contributed by atoms with Crippen molar-refractivity contribution in [3.05, 3.63) is 40.6 Å². The van der Waals surface area contributed by atoms with E-state index in [0.717, 1.165) is 5.56 Å². The van der Waals surface area contributed by atoms with Crippen LogP contribution in [0.15, 0.2) is 22.6 Å². The molecule has 8 nitrogen and oxygen atoms in total. The third kappa shape index (κ3) is 5.40. The molecule has 0 radical (unpaired) electrons. The molecule has 0 unspecified atom stereocenters. The maximum atomic E-state index is 12.5. The van der Waals surface area contributed by atoms with Crippen molar-refractivity contribution in [2.24, 2.45) is 0 Å². The van der Waals surface area contributed by atoms with E-state index in [-0.39, 0.29) is 47.5 Å². The summed E-state index contributed by atoms with van der Waals surface area (Å²) in [5.74, 6) is -0.0330. The summed E-state index contributed by atoms with van der Waals surface area (Å²) in [6, 6.07) is 5.46. The summed E-state index contributed by atoms with van der Waals surface area (Å²) in [6.45, 7) is 7.07. The lowest BCUT2D eigenvalue weighted by Gasteiger charge is -2.11. The summed E-state index contributed by atoms with van der Waals surface area (Å²) < 4.78 is 21.3. The first-order valence-corrected chi connectivity index (χ1v) is 9.73. The number of benzene rings is 1. The fourth-order valence-electron chi connectivity index (χ4n) is 3.04. The number of furan rings is 1. The third-order valence-corrected chi connectivity index (χ3v) is 4.34. The maximum absolute atomic E-state index is 12.5. The highest BCUT2D eigenvalue weighted by Crippen LogP contribution is 2.30. The first-order chi connectivity index (χ1) is 14.3. The van der Waals surface area contributed by atoms with Crippen LogP contribution in [-0.2, 0) is 16.0 Å². The van der Waals surface area contributed by atoms with Crippen LogP contribution in [0.1, 0.15) is 59.2 Å². The van der Waals surface area contributed by atoms with Gasteiger partial charge >= 0.3 is 5.97 Å². The number of carbonyl (C=O) groups excluding carboxylic acids is 3. The number of ether oxygens (including phenoxy) is 3. The molecule has 0 aliphatic rings. The van der Waals surface area contributed by atoms with E-state index in [1.807, 2.05) is 19.1 Å². The highest BCUT2D eigenvalue weighted by atomic mass is 16.5. The van der Waals surface area contributed by atoms with Crippen molar-refractivity contribution in [2.75, 3.05) is 25.6 Å². The zero-order valence-electron chi connectivity index (χ0n) is 17.9. The van der Waals surface area contributed by atoms with Crippen LogP contribution in [0.5, 0.6) is 11.5 Å². The van der Waals surface area contributed by atoms with E-state index in [2.05, 4.69) is 5.32 Å².